The van der Waals surface area contributed by atoms with Gasteiger partial charge in [-0.2, -0.15) is 4.31 Å². The number of amides is 1. The molecule has 2 rings (SSSR count). The Bertz CT molecular complexity index is 820. The summed E-state index contributed by atoms with van der Waals surface area (Å²) in [4.78, 5) is 12.2. The maximum Gasteiger partial charge on any atom is 0.251 e. The average molecular weight is 376 g/mol. The van der Waals surface area contributed by atoms with E-state index in [1.165, 1.54) is 10.6 Å². The monoisotopic (exact) mass is 376 g/mol. The lowest BCUT2D eigenvalue weighted by Gasteiger charge is -2.27. The van der Waals surface area contributed by atoms with Crippen molar-refractivity contribution in [2.24, 2.45) is 0 Å². The van der Waals surface area contributed by atoms with E-state index in [2.05, 4.69) is 5.32 Å². The SMILES string of the molecule is COc1ccc(C(=O)NCCN(C(C)c2ccccc2)S(C)(=O)=O)cc1. The van der Waals surface area contributed by atoms with Crippen molar-refractivity contribution in [3.8, 4) is 5.75 Å². The second-order valence-electron chi connectivity index (χ2n) is 5.94. The second-order valence-corrected chi connectivity index (χ2v) is 7.88. The molecule has 2 aromatic rings. The normalized spacial score (nSPS) is 12.6. The summed E-state index contributed by atoms with van der Waals surface area (Å²) in [6.07, 6.45) is 1.18. The van der Waals surface area contributed by atoms with Crippen LogP contribution in [0.15, 0.2) is 54.6 Å². The van der Waals surface area contributed by atoms with Crippen molar-refractivity contribution in [2.45, 2.75) is 13.0 Å². The van der Waals surface area contributed by atoms with E-state index in [1.54, 1.807) is 31.4 Å². The van der Waals surface area contributed by atoms with Gasteiger partial charge in [0.1, 0.15) is 5.75 Å². The lowest BCUT2D eigenvalue weighted by atomic mass is 10.1. The maximum absolute atomic E-state index is 12.2. The molecule has 1 atom stereocenters. The Balaban J connectivity index is 2.00. The van der Waals surface area contributed by atoms with Crippen molar-refractivity contribution in [2.75, 3.05) is 26.5 Å². The fourth-order valence-electron chi connectivity index (χ4n) is 2.67. The molecule has 0 aliphatic carbocycles. The zero-order valence-corrected chi connectivity index (χ0v) is 16.0. The van der Waals surface area contributed by atoms with Crippen LogP contribution in [0.25, 0.3) is 0 Å². The molecule has 0 saturated carbocycles. The molecule has 1 unspecified atom stereocenters. The summed E-state index contributed by atoms with van der Waals surface area (Å²) >= 11 is 0. The predicted molar refractivity (Wildman–Crippen MR) is 102 cm³/mol. The Morgan fingerprint density at radius 3 is 2.27 bits per heavy atom. The standard InChI is InChI=1S/C19H24N2O4S/c1-15(16-7-5-4-6-8-16)21(26(3,23)24)14-13-20-19(22)17-9-11-18(25-2)12-10-17/h4-12,15H,13-14H2,1-3H3,(H,20,22). The van der Waals surface area contributed by atoms with Gasteiger partial charge in [0.15, 0.2) is 0 Å². The summed E-state index contributed by atoms with van der Waals surface area (Å²) in [5.41, 5.74) is 1.40. The van der Waals surface area contributed by atoms with Gasteiger partial charge < -0.3 is 10.1 Å². The van der Waals surface area contributed by atoms with E-state index in [4.69, 9.17) is 4.74 Å². The number of hydrogen-bond acceptors (Lipinski definition) is 4. The Labute approximate surface area is 154 Å². The Kier molecular flexibility index (Phi) is 6.76. The summed E-state index contributed by atoms with van der Waals surface area (Å²) in [5, 5.41) is 2.76. The summed E-state index contributed by atoms with van der Waals surface area (Å²) in [5.74, 6) is 0.412. The third-order valence-corrected chi connectivity index (χ3v) is 5.46. The van der Waals surface area contributed by atoms with Gasteiger partial charge in [0.2, 0.25) is 10.0 Å². The molecule has 26 heavy (non-hydrogen) atoms. The highest BCUT2D eigenvalue weighted by Gasteiger charge is 2.24. The van der Waals surface area contributed by atoms with Crippen LogP contribution in [0.2, 0.25) is 0 Å². The fraction of sp³-hybridized carbons (Fsp3) is 0.316. The minimum absolute atomic E-state index is 0.191. The maximum atomic E-state index is 12.2. The van der Waals surface area contributed by atoms with Crippen LogP contribution in [-0.4, -0.2) is 45.1 Å². The van der Waals surface area contributed by atoms with Gasteiger partial charge in [-0.15, -0.1) is 0 Å². The molecule has 0 bridgehead atoms. The zero-order valence-electron chi connectivity index (χ0n) is 15.2. The number of benzene rings is 2. The highest BCUT2D eigenvalue weighted by atomic mass is 32.2. The molecule has 0 aliphatic rings. The van der Waals surface area contributed by atoms with Crippen molar-refractivity contribution in [3.63, 3.8) is 0 Å². The van der Waals surface area contributed by atoms with E-state index < -0.39 is 10.0 Å². The molecule has 7 heteroatoms. The highest BCUT2D eigenvalue weighted by Crippen LogP contribution is 2.22. The van der Waals surface area contributed by atoms with Crippen molar-refractivity contribution >= 4 is 15.9 Å². The number of sulfonamides is 1. The number of nitrogens with one attached hydrogen (secondary N) is 1. The minimum Gasteiger partial charge on any atom is -0.497 e. The van der Waals surface area contributed by atoms with Gasteiger partial charge in [0.05, 0.1) is 13.4 Å². The molecule has 2 aromatic carbocycles. The van der Waals surface area contributed by atoms with Crippen LogP contribution in [0.1, 0.15) is 28.9 Å². The molecule has 0 heterocycles. The van der Waals surface area contributed by atoms with Crippen LogP contribution >= 0.6 is 0 Å². The van der Waals surface area contributed by atoms with Crippen LogP contribution in [-0.2, 0) is 10.0 Å². The van der Waals surface area contributed by atoms with Crippen LogP contribution < -0.4 is 10.1 Å². The van der Waals surface area contributed by atoms with Gasteiger partial charge in [-0.3, -0.25) is 4.79 Å². The van der Waals surface area contributed by atoms with Crippen molar-refractivity contribution < 1.29 is 17.9 Å². The molecule has 0 fully saturated rings. The number of rotatable bonds is 8. The van der Waals surface area contributed by atoms with Crippen LogP contribution in [0.4, 0.5) is 0 Å². The summed E-state index contributed by atoms with van der Waals surface area (Å²) < 4.78 is 30.8. The molecule has 140 valence electrons. The predicted octanol–water partition coefficient (Wildman–Crippen LogP) is 2.45. The number of ether oxygens (including phenoxy) is 1. The quantitative estimate of drug-likeness (QED) is 0.768. The van der Waals surface area contributed by atoms with E-state index in [1.807, 2.05) is 37.3 Å². The number of nitrogens with zero attached hydrogens (tertiary/aromatic N) is 1. The molecule has 0 aromatic heterocycles. The lowest BCUT2D eigenvalue weighted by Crippen LogP contribution is -2.39. The van der Waals surface area contributed by atoms with Gasteiger partial charge in [0.25, 0.3) is 5.91 Å². The first kappa shape index (κ1) is 19.9. The summed E-state index contributed by atoms with van der Waals surface area (Å²) in [6, 6.07) is 15.8. The molecule has 0 saturated heterocycles. The van der Waals surface area contributed by atoms with Crippen molar-refractivity contribution in [1.82, 2.24) is 9.62 Å². The third-order valence-electron chi connectivity index (χ3n) is 4.11. The highest BCUT2D eigenvalue weighted by molar-refractivity contribution is 7.88. The first-order chi connectivity index (χ1) is 12.3. The van der Waals surface area contributed by atoms with E-state index in [0.29, 0.717) is 11.3 Å². The van der Waals surface area contributed by atoms with Gasteiger partial charge in [0, 0.05) is 24.7 Å². The van der Waals surface area contributed by atoms with Gasteiger partial charge in [-0.25, -0.2) is 8.42 Å². The van der Waals surface area contributed by atoms with Gasteiger partial charge in [-0.1, -0.05) is 30.3 Å². The zero-order chi connectivity index (χ0) is 19.2. The van der Waals surface area contributed by atoms with E-state index in [-0.39, 0.29) is 25.0 Å². The largest absolute Gasteiger partial charge is 0.497 e. The average Bonchev–Trinajstić information content (AvgIpc) is 2.64. The van der Waals surface area contributed by atoms with Gasteiger partial charge in [-0.05, 0) is 36.8 Å². The van der Waals surface area contributed by atoms with E-state index in [0.717, 1.165) is 5.56 Å². The molecular weight excluding hydrogens is 352 g/mol. The van der Waals surface area contributed by atoms with Crippen LogP contribution in [0.5, 0.6) is 5.75 Å². The summed E-state index contributed by atoms with van der Waals surface area (Å²) in [6.45, 7) is 2.24. The van der Waals surface area contributed by atoms with Crippen molar-refractivity contribution in [3.05, 3.63) is 65.7 Å². The number of carbonyl (C=O) groups excluding carboxylic acids is 1. The first-order valence-electron chi connectivity index (χ1n) is 8.27. The molecule has 1 N–H and O–H groups in total. The third kappa shape index (κ3) is 5.31. The lowest BCUT2D eigenvalue weighted by molar-refractivity contribution is 0.0950. The Hall–Kier alpha value is -2.38. The van der Waals surface area contributed by atoms with E-state index >= 15 is 0 Å². The van der Waals surface area contributed by atoms with E-state index in [9.17, 15) is 13.2 Å². The molecule has 0 radical (unpaired) electrons. The molecular formula is C19H24N2O4S. The molecule has 0 aliphatic heterocycles. The van der Waals surface area contributed by atoms with Crippen molar-refractivity contribution in [1.29, 1.82) is 0 Å². The molecule has 0 spiro atoms. The number of carbonyl (C=O) groups is 1. The fourth-order valence-corrected chi connectivity index (χ4v) is 3.79. The molecule has 1 amide bonds. The van der Waals surface area contributed by atoms with Crippen LogP contribution in [0.3, 0.4) is 0 Å². The Morgan fingerprint density at radius 1 is 1.12 bits per heavy atom. The van der Waals surface area contributed by atoms with Gasteiger partial charge >= 0.3 is 0 Å². The number of methoxy groups -OCH3 is 1. The topological polar surface area (TPSA) is 75.7 Å². The number of hydrogen-bond donors (Lipinski definition) is 1. The Morgan fingerprint density at radius 2 is 1.73 bits per heavy atom. The summed E-state index contributed by atoms with van der Waals surface area (Å²) in [7, 11) is -1.86. The minimum atomic E-state index is -3.42. The first-order valence-corrected chi connectivity index (χ1v) is 10.1. The smallest absolute Gasteiger partial charge is 0.251 e. The second kappa shape index (κ2) is 8.82. The molecule has 6 nitrogen and oxygen atoms in total. The van der Waals surface area contributed by atoms with Crippen LogP contribution in [0, 0.1) is 0 Å².